The van der Waals surface area contributed by atoms with Crippen molar-refractivity contribution in [3.63, 3.8) is 0 Å². The first-order valence-electron chi connectivity index (χ1n) is 12.4. The van der Waals surface area contributed by atoms with Crippen LogP contribution in [-0.2, 0) is 9.53 Å². The van der Waals surface area contributed by atoms with Gasteiger partial charge in [-0.15, -0.1) is 0 Å². The van der Waals surface area contributed by atoms with E-state index in [9.17, 15) is 4.79 Å². The van der Waals surface area contributed by atoms with Crippen molar-refractivity contribution in [1.29, 1.82) is 0 Å². The molecule has 2 aromatic heterocycles. The van der Waals surface area contributed by atoms with E-state index in [-0.39, 0.29) is 24.6 Å². The van der Waals surface area contributed by atoms with E-state index in [1.807, 2.05) is 48.2 Å². The normalized spacial score (nSPS) is 16.8. The molecule has 1 amide bonds. The lowest BCUT2D eigenvalue weighted by atomic mass is 9.96. The van der Waals surface area contributed by atoms with Crippen LogP contribution in [0.4, 0.5) is 11.4 Å². The number of aromatic nitrogens is 2. The fraction of sp³-hybridized carbons (Fsp3) is 0.207. The lowest BCUT2D eigenvalue weighted by Gasteiger charge is -2.28. The fourth-order valence-electron chi connectivity index (χ4n) is 5.14. The highest BCUT2D eigenvalue weighted by Gasteiger charge is 2.42. The van der Waals surface area contributed by atoms with Gasteiger partial charge < -0.3 is 24.8 Å². The largest absolute Gasteiger partial charge is 0.375 e. The monoisotopic (exact) mass is 613 g/mol. The summed E-state index contributed by atoms with van der Waals surface area (Å²) in [4.78, 5) is 18.7. The molecule has 1 saturated heterocycles. The molecule has 0 unspecified atom stereocenters. The predicted molar refractivity (Wildman–Crippen MR) is 165 cm³/mol. The number of nitrogens with zero attached hydrogens (tertiary/aromatic N) is 3. The standard InChI is InChI=1S/C29H26Cl3N5O2S/c1-16-13-19(17(2)36(16)24-9-6-7-20(30)26(24)32)28-27(23-8-4-5-12-33-23)35-29(40)37(28)18-10-11-22(21(31)14-18)34-25(38)15-39-3/h4-14,27-28H,15H2,1-3H3,(H,34,38)(H,35,40)/t27-,28-/m0/s1. The Morgan fingerprint density at radius 3 is 2.58 bits per heavy atom. The third-order valence-corrected chi connectivity index (χ3v) is 8.28. The Balaban J connectivity index is 1.63. The third-order valence-electron chi connectivity index (χ3n) is 6.84. The summed E-state index contributed by atoms with van der Waals surface area (Å²) in [5, 5.41) is 8.11. The number of nitrogens with one attached hydrogen (secondary N) is 2. The Morgan fingerprint density at radius 2 is 1.88 bits per heavy atom. The molecule has 206 valence electrons. The van der Waals surface area contributed by atoms with Gasteiger partial charge in [-0.25, -0.2) is 0 Å². The molecule has 1 fully saturated rings. The Bertz CT molecular complexity index is 1590. The first kappa shape index (κ1) is 28.4. The van der Waals surface area contributed by atoms with Crippen LogP contribution in [0.5, 0.6) is 0 Å². The van der Waals surface area contributed by atoms with Gasteiger partial charge in [-0.05, 0) is 80.2 Å². The van der Waals surface area contributed by atoms with Crippen molar-refractivity contribution in [2.24, 2.45) is 0 Å². The molecule has 0 spiro atoms. The SMILES string of the molecule is COCC(=O)Nc1ccc(N2C(=S)N[C@@H](c3ccccn3)[C@@H]2c2cc(C)n(-c3cccc(Cl)c3Cl)c2C)cc1Cl. The van der Waals surface area contributed by atoms with Crippen LogP contribution >= 0.6 is 47.0 Å². The van der Waals surface area contributed by atoms with Crippen LogP contribution < -0.4 is 15.5 Å². The molecule has 0 bridgehead atoms. The molecule has 3 heterocycles. The molecule has 7 nitrogen and oxygen atoms in total. The number of halogens is 3. The molecule has 11 heteroatoms. The van der Waals surface area contributed by atoms with Crippen LogP contribution in [0.15, 0.2) is 66.9 Å². The number of anilines is 2. The summed E-state index contributed by atoms with van der Waals surface area (Å²) in [6.07, 6.45) is 1.77. The molecule has 1 aliphatic rings. The van der Waals surface area contributed by atoms with Gasteiger partial charge >= 0.3 is 0 Å². The second-order valence-electron chi connectivity index (χ2n) is 9.38. The van der Waals surface area contributed by atoms with Crippen LogP contribution in [0.2, 0.25) is 15.1 Å². The second-order valence-corrected chi connectivity index (χ2v) is 11.0. The Labute approximate surface area is 253 Å². The molecule has 1 aliphatic heterocycles. The number of aryl methyl sites for hydroxylation is 1. The number of benzene rings is 2. The Morgan fingerprint density at radius 1 is 1.07 bits per heavy atom. The lowest BCUT2D eigenvalue weighted by molar-refractivity contribution is -0.119. The van der Waals surface area contributed by atoms with Gasteiger partial charge in [-0.1, -0.05) is 46.9 Å². The average Bonchev–Trinajstić information content (AvgIpc) is 3.42. The quantitative estimate of drug-likeness (QED) is 0.214. The van der Waals surface area contributed by atoms with Crippen molar-refractivity contribution in [2.45, 2.75) is 25.9 Å². The minimum Gasteiger partial charge on any atom is -0.375 e. The molecule has 0 aliphatic carbocycles. The zero-order valence-electron chi connectivity index (χ0n) is 21.9. The summed E-state index contributed by atoms with van der Waals surface area (Å²) < 4.78 is 7.01. The number of pyridine rings is 1. The molecule has 0 radical (unpaired) electrons. The molecule has 2 aromatic carbocycles. The van der Waals surface area contributed by atoms with Crippen molar-refractivity contribution in [3.05, 3.63) is 105 Å². The number of carbonyl (C=O) groups is 1. The van der Waals surface area contributed by atoms with E-state index in [1.54, 1.807) is 24.4 Å². The van der Waals surface area contributed by atoms with E-state index in [1.165, 1.54) is 7.11 Å². The molecule has 4 aromatic rings. The maximum atomic E-state index is 12.1. The summed E-state index contributed by atoms with van der Waals surface area (Å²) >= 11 is 25.5. The van der Waals surface area contributed by atoms with E-state index in [2.05, 4.69) is 33.2 Å². The number of rotatable bonds is 7. The van der Waals surface area contributed by atoms with Crippen LogP contribution in [-0.4, -0.2) is 34.3 Å². The number of thiocarbonyl (C=S) groups is 1. The van der Waals surface area contributed by atoms with E-state index in [0.717, 1.165) is 34.0 Å². The second kappa shape index (κ2) is 11.8. The minimum absolute atomic E-state index is 0.0711. The van der Waals surface area contributed by atoms with Crippen LogP contribution in [0, 0.1) is 13.8 Å². The van der Waals surface area contributed by atoms with Gasteiger partial charge in [0.25, 0.3) is 0 Å². The van der Waals surface area contributed by atoms with Gasteiger partial charge in [0.2, 0.25) is 5.91 Å². The maximum absolute atomic E-state index is 12.1. The predicted octanol–water partition coefficient (Wildman–Crippen LogP) is 7.21. The van der Waals surface area contributed by atoms with Gasteiger partial charge in [0.05, 0.1) is 44.2 Å². The van der Waals surface area contributed by atoms with Crippen molar-refractivity contribution in [3.8, 4) is 5.69 Å². The van der Waals surface area contributed by atoms with Crippen molar-refractivity contribution < 1.29 is 9.53 Å². The number of methoxy groups -OCH3 is 1. The number of hydrogen-bond donors (Lipinski definition) is 2. The van der Waals surface area contributed by atoms with Gasteiger partial charge in [0.15, 0.2) is 5.11 Å². The van der Waals surface area contributed by atoms with Crippen LogP contribution in [0.3, 0.4) is 0 Å². The summed E-state index contributed by atoms with van der Waals surface area (Å²) in [5.41, 5.74) is 5.90. The number of carbonyl (C=O) groups excluding carboxylic acids is 1. The molecule has 40 heavy (non-hydrogen) atoms. The molecular formula is C29H26Cl3N5O2S. The van der Waals surface area contributed by atoms with Crippen molar-refractivity contribution >= 4 is 69.4 Å². The smallest absolute Gasteiger partial charge is 0.250 e. The number of amides is 1. The summed E-state index contributed by atoms with van der Waals surface area (Å²) in [6.45, 7) is 4.01. The summed E-state index contributed by atoms with van der Waals surface area (Å²) in [5.74, 6) is -0.296. The number of hydrogen-bond acceptors (Lipinski definition) is 4. The summed E-state index contributed by atoms with van der Waals surface area (Å²) in [6, 6.07) is 18.4. The molecule has 2 atom stereocenters. The van der Waals surface area contributed by atoms with Gasteiger partial charge in [0, 0.05) is 30.4 Å². The van der Waals surface area contributed by atoms with Crippen LogP contribution in [0.1, 0.15) is 34.7 Å². The fourth-order valence-corrected chi connectivity index (χ4v) is 6.09. The zero-order chi connectivity index (χ0) is 28.6. The maximum Gasteiger partial charge on any atom is 0.250 e. The molecule has 5 rings (SSSR count). The highest BCUT2D eigenvalue weighted by atomic mass is 35.5. The van der Waals surface area contributed by atoms with Crippen molar-refractivity contribution in [1.82, 2.24) is 14.9 Å². The Hall–Kier alpha value is -3.14. The van der Waals surface area contributed by atoms with E-state index < -0.39 is 0 Å². The van der Waals surface area contributed by atoms with E-state index in [4.69, 9.17) is 51.8 Å². The first-order valence-corrected chi connectivity index (χ1v) is 14.0. The molecule has 2 N–H and O–H groups in total. The minimum atomic E-state index is -0.296. The first-order chi connectivity index (χ1) is 19.2. The zero-order valence-corrected chi connectivity index (χ0v) is 25.0. The van der Waals surface area contributed by atoms with Crippen molar-refractivity contribution in [2.75, 3.05) is 23.9 Å². The van der Waals surface area contributed by atoms with Gasteiger partial charge in [0.1, 0.15) is 6.61 Å². The van der Waals surface area contributed by atoms with Crippen LogP contribution in [0.25, 0.3) is 5.69 Å². The Kier molecular flexibility index (Phi) is 8.35. The molecule has 0 saturated carbocycles. The van der Waals surface area contributed by atoms with Gasteiger partial charge in [-0.2, -0.15) is 0 Å². The van der Waals surface area contributed by atoms with E-state index in [0.29, 0.717) is 25.9 Å². The average molecular weight is 615 g/mol. The topological polar surface area (TPSA) is 71.4 Å². The molecular weight excluding hydrogens is 589 g/mol. The van der Waals surface area contributed by atoms with E-state index >= 15 is 0 Å². The van der Waals surface area contributed by atoms with Gasteiger partial charge in [-0.3, -0.25) is 9.78 Å². The highest BCUT2D eigenvalue weighted by molar-refractivity contribution is 7.80. The lowest BCUT2D eigenvalue weighted by Crippen LogP contribution is -2.29. The summed E-state index contributed by atoms with van der Waals surface area (Å²) in [7, 11) is 1.46. The highest BCUT2D eigenvalue weighted by Crippen LogP contribution is 2.45. The third kappa shape index (κ3) is 5.30. The number of ether oxygens (including phenoxy) is 1.